The second kappa shape index (κ2) is 9.77. The number of ether oxygens (including phenoxy) is 1. The summed E-state index contributed by atoms with van der Waals surface area (Å²) in [6.07, 6.45) is 8.74. The van der Waals surface area contributed by atoms with E-state index in [-0.39, 0.29) is 12.2 Å². The van der Waals surface area contributed by atoms with Crippen LogP contribution in [0.15, 0.2) is 23.2 Å². The van der Waals surface area contributed by atoms with Crippen LogP contribution in [0.3, 0.4) is 0 Å². The number of nitrogens with zero attached hydrogens (tertiary/aromatic N) is 2. The van der Waals surface area contributed by atoms with Crippen LogP contribution in [0.25, 0.3) is 0 Å². The number of carbonyl (C=O) groups excluding carboxylic acids is 1. The molecule has 1 fully saturated rings. The maximum absolute atomic E-state index is 11.9. The Morgan fingerprint density at radius 1 is 1.30 bits per heavy atom. The number of hydrogen-bond donors (Lipinski definition) is 1. The van der Waals surface area contributed by atoms with Crippen molar-refractivity contribution >= 4 is 18.0 Å². The maximum atomic E-state index is 11.9. The van der Waals surface area contributed by atoms with Crippen molar-refractivity contribution in [2.45, 2.75) is 58.5 Å². The number of carbonyl (C=O) groups is 1. The molecule has 0 unspecified atom stereocenters. The van der Waals surface area contributed by atoms with Gasteiger partial charge in [-0.2, -0.15) is 0 Å². The zero-order chi connectivity index (χ0) is 19.1. The lowest BCUT2D eigenvalue weighted by Crippen LogP contribution is -2.39. The molecule has 1 N–H and O–H groups in total. The Morgan fingerprint density at radius 2 is 2.11 bits per heavy atom. The molecule has 1 saturated heterocycles. The van der Waals surface area contributed by atoms with Crippen molar-refractivity contribution in [3.63, 3.8) is 0 Å². The van der Waals surface area contributed by atoms with Crippen molar-refractivity contribution in [1.29, 1.82) is 0 Å². The normalized spacial score (nSPS) is 17.1. The third-order valence-electron chi connectivity index (χ3n) is 5.46. The number of rotatable bonds is 7. The van der Waals surface area contributed by atoms with Crippen molar-refractivity contribution in [2.24, 2.45) is 10.9 Å². The molecule has 0 saturated carbocycles. The predicted octanol–water partition coefficient (Wildman–Crippen LogP) is 4.50. The van der Waals surface area contributed by atoms with E-state index in [0.29, 0.717) is 0 Å². The summed E-state index contributed by atoms with van der Waals surface area (Å²) in [5.74, 6) is 0.746. The average Bonchev–Trinajstić information content (AvgIpc) is 2.67. The number of anilines is 1. The predicted molar refractivity (Wildman–Crippen MR) is 111 cm³/mol. The summed E-state index contributed by atoms with van der Waals surface area (Å²) < 4.78 is 5.29. The average molecular weight is 372 g/mol. The van der Waals surface area contributed by atoms with Crippen molar-refractivity contribution in [2.75, 3.05) is 31.5 Å². The Balaban J connectivity index is 1.29. The highest BCUT2D eigenvalue weighted by Crippen LogP contribution is 2.23. The van der Waals surface area contributed by atoms with Crippen molar-refractivity contribution in [3.8, 4) is 0 Å². The Kier molecular flexibility index (Phi) is 7.13. The molecule has 5 heteroatoms. The van der Waals surface area contributed by atoms with Crippen LogP contribution < -0.4 is 5.32 Å². The highest BCUT2D eigenvalue weighted by molar-refractivity contribution is 5.83. The minimum atomic E-state index is -0.149. The molecule has 2 heterocycles. The molecule has 0 spiro atoms. The quantitative estimate of drug-likeness (QED) is 0.718. The van der Waals surface area contributed by atoms with Gasteiger partial charge in [-0.1, -0.05) is 18.9 Å². The SMILES string of the molecule is CC(C)OC(=O)N1CCC(CCCCNc2ccc3c(c2)CCN=C3)CC1. The Bertz CT molecular complexity index is 649. The summed E-state index contributed by atoms with van der Waals surface area (Å²) >= 11 is 0. The molecule has 0 atom stereocenters. The number of aliphatic imine (C=N–C) groups is 1. The van der Waals surface area contributed by atoms with E-state index in [1.807, 2.05) is 25.0 Å². The molecule has 0 aliphatic carbocycles. The Hall–Kier alpha value is -2.04. The molecular weight excluding hydrogens is 338 g/mol. The second-order valence-electron chi connectivity index (χ2n) is 7.98. The van der Waals surface area contributed by atoms with Gasteiger partial charge in [-0.15, -0.1) is 0 Å². The van der Waals surface area contributed by atoms with E-state index in [2.05, 4.69) is 28.5 Å². The molecule has 1 amide bonds. The van der Waals surface area contributed by atoms with Crippen LogP contribution in [-0.2, 0) is 11.2 Å². The minimum absolute atomic E-state index is 0.0361. The van der Waals surface area contributed by atoms with Crippen molar-refractivity contribution < 1.29 is 9.53 Å². The van der Waals surface area contributed by atoms with Crippen LogP contribution in [0, 0.1) is 5.92 Å². The molecule has 0 radical (unpaired) electrons. The number of likely N-dealkylation sites (tertiary alicyclic amines) is 1. The third-order valence-corrected chi connectivity index (χ3v) is 5.46. The zero-order valence-corrected chi connectivity index (χ0v) is 16.7. The summed E-state index contributed by atoms with van der Waals surface area (Å²) in [7, 11) is 0. The highest BCUT2D eigenvalue weighted by atomic mass is 16.6. The largest absolute Gasteiger partial charge is 0.447 e. The van der Waals surface area contributed by atoms with Gasteiger partial charge >= 0.3 is 6.09 Å². The molecule has 0 aromatic heterocycles. The van der Waals surface area contributed by atoms with E-state index in [1.54, 1.807) is 0 Å². The summed E-state index contributed by atoms with van der Waals surface area (Å²) in [6, 6.07) is 6.59. The van der Waals surface area contributed by atoms with E-state index in [1.165, 1.54) is 36.1 Å². The minimum Gasteiger partial charge on any atom is -0.447 e. The summed E-state index contributed by atoms with van der Waals surface area (Å²) in [5, 5.41) is 3.56. The van der Waals surface area contributed by atoms with Gasteiger partial charge < -0.3 is 15.0 Å². The van der Waals surface area contributed by atoms with Crippen LogP contribution in [0.2, 0.25) is 0 Å². The second-order valence-corrected chi connectivity index (χ2v) is 7.98. The van der Waals surface area contributed by atoms with Crippen molar-refractivity contribution in [1.82, 2.24) is 4.90 Å². The number of nitrogens with one attached hydrogen (secondary N) is 1. The van der Waals surface area contributed by atoms with Gasteiger partial charge in [0.1, 0.15) is 0 Å². The molecule has 1 aromatic carbocycles. The fraction of sp³-hybridized carbons (Fsp3) is 0.636. The summed E-state index contributed by atoms with van der Waals surface area (Å²) in [4.78, 5) is 18.1. The van der Waals surface area contributed by atoms with Crippen LogP contribution in [-0.4, -0.2) is 49.5 Å². The first-order valence-corrected chi connectivity index (χ1v) is 10.4. The summed E-state index contributed by atoms with van der Waals surface area (Å²) in [6.45, 7) is 7.41. The first-order chi connectivity index (χ1) is 13.1. The fourth-order valence-corrected chi connectivity index (χ4v) is 3.88. The molecule has 2 aliphatic heterocycles. The molecule has 1 aromatic rings. The number of hydrogen-bond acceptors (Lipinski definition) is 4. The maximum Gasteiger partial charge on any atom is 0.410 e. The van der Waals surface area contributed by atoms with Gasteiger partial charge in [0, 0.05) is 38.1 Å². The van der Waals surface area contributed by atoms with Gasteiger partial charge in [0.15, 0.2) is 0 Å². The standard InChI is InChI=1S/C22H33N3O2/c1-17(2)27-22(26)25-13-9-18(10-14-25)5-3-4-11-24-21-7-6-20-16-23-12-8-19(20)15-21/h6-7,15-18,24H,3-5,8-14H2,1-2H3. The van der Waals surface area contributed by atoms with Gasteiger partial charge in [0.05, 0.1) is 6.10 Å². The number of benzene rings is 1. The number of unbranched alkanes of at least 4 members (excludes halogenated alkanes) is 1. The van der Waals surface area contributed by atoms with Gasteiger partial charge in [0.25, 0.3) is 0 Å². The lowest BCUT2D eigenvalue weighted by atomic mass is 9.92. The molecule has 148 valence electrons. The van der Waals surface area contributed by atoms with Crippen LogP contribution >= 0.6 is 0 Å². The van der Waals surface area contributed by atoms with Crippen LogP contribution in [0.4, 0.5) is 10.5 Å². The first-order valence-electron chi connectivity index (χ1n) is 10.4. The number of fused-ring (bicyclic) bond motifs is 1. The van der Waals surface area contributed by atoms with Crippen LogP contribution in [0.1, 0.15) is 57.1 Å². The lowest BCUT2D eigenvalue weighted by molar-refractivity contribution is 0.0646. The molecular formula is C22H33N3O2. The molecule has 3 rings (SSSR count). The topological polar surface area (TPSA) is 53.9 Å². The number of amides is 1. The van der Waals surface area contributed by atoms with Crippen LogP contribution in [0.5, 0.6) is 0 Å². The van der Waals surface area contributed by atoms with E-state index >= 15 is 0 Å². The van der Waals surface area contributed by atoms with Gasteiger partial charge in [0.2, 0.25) is 0 Å². The fourth-order valence-electron chi connectivity index (χ4n) is 3.88. The lowest BCUT2D eigenvalue weighted by Gasteiger charge is -2.31. The smallest absolute Gasteiger partial charge is 0.410 e. The Morgan fingerprint density at radius 3 is 2.89 bits per heavy atom. The van der Waals surface area contributed by atoms with E-state index in [9.17, 15) is 4.79 Å². The highest BCUT2D eigenvalue weighted by Gasteiger charge is 2.23. The monoisotopic (exact) mass is 371 g/mol. The van der Waals surface area contributed by atoms with Crippen molar-refractivity contribution in [3.05, 3.63) is 29.3 Å². The Labute approximate surface area is 163 Å². The van der Waals surface area contributed by atoms with E-state index < -0.39 is 0 Å². The zero-order valence-electron chi connectivity index (χ0n) is 16.7. The third kappa shape index (κ3) is 5.98. The molecule has 27 heavy (non-hydrogen) atoms. The van der Waals surface area contributed by atoms with Gasteiger partial charge in [-0.3, -0.25) is 4.99 Å². The summed E-state index contributed by atoms with van der Waals surface area (Å²) in [5.41, 5.74) is 3.88. The molecule has 0 bridgehead atoms. The van der Waals surface area contributed by atoms with E-state index in [4.69, 9.17) is 4.74 Å². The molecule has 5 nitrogen and oxygen atoms in total. The van der Waals surface area contributed by atoms with Gasteiger partial charge in [-0.05, 0) is 68.7 Å². The number of piperidine rings is 1. The van der Waals surface area contributed by atoms with Gasteiger partial charge in [-0.25, -0.2) is 4.79 Å². The first kappa shape index (κ1) is 19.7. The van der Waals surface area contributed by atoms with E-state index in [0.717, 1.165) is 51.4 Å². The molecule has 2 aliphatic rings.